The second-order valence-corrected chi connectivity index (χ2v) is 8.83. The van der Waals surface area contributed by atoms with Gasteiger partial charge in [-0.05, 0) is 40.1 Å². The Balaban J connectivity index is 1.65. The summed E-state index contributed by atoms with van der Waals surface area (Å²) in [7, 11) is 5.52. The van der Waals surface area contributed by atoms with Crippen LogP contribution in [0.15, 0.2) is 51.3 Å². The molecular formula is C23H28FN7O2. The summed E-state index contributed by atoms with van der Waals surface area (Å²) in [6, 6.07) is 2.65. The summed E-state index contributed by atoms with van der Waals surface area (Å²) >= 11 is 0. The van der Waals surface area contributed by atoms with Crippen LogP contribution in [0.5, 0.6) is 0 Å². The van der Waals surface area contributed by atoms with Crippen molar-refractivity contribution < 1.29 is 9.18 Å². The minimum Gasteiger partial charge on any atom is -0.349 e. The Morgan fingerprint density at radius 3 is 2.67 bits per heavy atom. The molecule has 0 bridgehead atoms. The van der Waals surface area contributed by atoms with E-state index in [-0.39, 0.29) is 29.3 Å². The maximum absolute atomic E-state index is 15.0. The molecule has 2 unspecified atom stereocenters. The third-order valence-corrected chi connectivity index (χ3v) is 5.86. The van der Waals surface area contributed by atoms with Crippen LogP contribution in [-0.2, 0) is 7.05 Å². The number of likely N-dealkylation sites (N-methyl/N-ethyl adjacent to an activating group) is 1. The summed E-state index contributed by atoms with van der Waals surface area (Å²) in [5.74, 6) is -0.556. The zero-order valence-corrected chi connectivity index (χ0v) is 19.4. The topological polar surface area (TPSA) is 96.9 Å². The van der Waals surface area contributed by atoms with Gasteiger partial charge in [0.2, 0.25) is 0 Å². The molecular weight excluding hydrogens is 425 g/mol. The number of halogens is 1. The molecule has 0 spiro atoms. The number of carbonyl (C=O) groups is 1. The Kier molecular flexibility index (Phi) is 6.11. The maximum atomic E-state index is 15.0. The summed E-state index contributed by atoms with van der Waals surface area (Å²) in [5, 5.41) is 11.3. The third-order valence-electron chi connectivity index (χ3n) is 5.86. The molecule has 0 radical (unpaired) electrons. The van der Waals surface area contributed by atoms with E-state index in [0.717, 1.165) is 12.2 Å². The van der Waals surface area contributed by atoms with Crippen molar-refractivity contribution in [3.8, 4) is 0 Å². The van der Waals surface area contributed by atoms with Gasteiger partial charge in [0, 0.05) is 43.5 Å². The number of carbonyl (C=O) groups excluding carboxylic acids is 1. The Hall–Kier alpha value is -3.40. The monoisotopic (exact) mass is 453 g/mol. The molecule has 174 valence electrons. The van der Waals surface area contributed by atoms with Gasteiger partial charge >= 0.3 is 5.69 Å². The number of nitrogens with zero attached hydrogens (tertiary/aromatic N) is 6. The summed E-state index contributed by atoms with van der Waals surface area (Å²) in [6.07, 6.45) is 4.70. The van der Waals surface area contributed by atoms with E-state index in [9.17, 15) is 9.59 Å². The molecule has 1 amide bonds. The second kappa shape index (κ2) is 8.86. The molecule has 3 heterocycles. The number of aromatic nitrogens is 3. The van der Waals surface area contributed by atoms with Gasteiger partial charge in [-0.1, -0.05) is 12.1 Å². The number of hydrogen-bond acceptors (Lipinski definition) is 6. The first-order chi connectivity index (χ1) is 15.7. The number of azo groups is 1. The Bertz CT molecular complexity index is 1220. The predicted molar refractivity (Wildman–Crippen MR) is 123 cm³/mol. The lowest BCUT2D eigenvalue weighted by Crippen LogP contribution is -2.31. The number of fused-ring (bicyclic) bond motifs is 3. The fourth-order valence-electron chi connectivity index (χ4n) is 4.14. The highest BCUT2D eigenvalue weighted by Gasteiger charge is 2.37. The molecule has 33 heavy (non-hydrogen) atoms. The van der Waals surface area contributed by atoms with Gasteiger partial charge in [0.1, 0.15) is 17.6 Å². The van der Waals surface area contributed by atoms with E-state index < -0.39 is 11.9 Å². The van der Waals surface area contributed by atoms with E-state index in [4.69, 9.17) is 0 Å². The van der Waals surface area contributed by atoms with Crippen LogP contribution in [0.3, 0.4) is 0 Å². The number of hydrogen-bond donors (Lipinski definition) is 1. The lowest BCUT2D eigenvalue weighted by molar-refractivity contribution is 0.0946. The highest BCUT2D eigenvalue weighted by Crippen LogP contribution is 2.43. The van der Waals surface area contributed by atoms with Gasteiger partial charge in [0.05, 0.1) is 11.6 Å². The number of rotatable bonds is 6. The van der Waals surface area contributed by atoms with Crippen LogP contribution in [0.1, 0.15) is 47.6 Å². The fraction of sp³-hybridized carbons (Fsp3) is 0.435. The SMILES string of the molecule is CC(C)n1c2c(n(C)c1=O)N=NC1C=C(F)C(c3ccc(C(=O)NCCN(C)C)nc3)=CC21. The van der Waals surface area contributed by atoms with Gasteiger partial charge in [-0.2, -0.15) is 5.11 Å². The molecule has 2 aromatic heterocycles. The molecule has 2 atom stereocenters. The van der Waals surface area contributed by atoms with Gasteiger partial charge in [0.15, 0.2) is 5.82 Å². The first-order valence-electron chi connectivity index (χ1n) is 10.9. The Morgan fingerprint density at radius 1 is 1.27 bits per heavy atom. The quantitative estimate of drug-likeness (QED) is 0.727. The highest BCUT2D eigenvalue weighted by atomic mass is 19.1. The van der Waals surface area contributed by atoms with Crippen LogP contribution in [0.25, 0.3) is 5.57 Å². The van der Waals surface area contributed by atoms with E-state index in [0.29, 0.717) is 23.5 Å². The predicted octanol–water partition coefficient (Wildman–Crippen LogP) is 2.95. The van der Waals surface area contributed by atoms with Crippen molar-refractivity contribution in [1.29, 1.82) is 0 Å². The second-order valence-electron chi connectivity index (χ2n) is 8.83. The van der Waals surface area contributed by atoms with E-state index >= 15 is 4.39 Å². The third kappa shape index (κ3) is 4.18. The summed E-state index contributed by atoms with van der Waals surface area (Å²) < 4.78 is 18.2. The Labute approximate surface area is 191 Å². The molecule has 0 fully saturated rings. The molecule has 0 saturated carbocycles. The van der Waals surface area contributed by atoms with Crippen molar-refractivity contribution in [2.75, 3.05) is 27.2 Å². The summed E-state index contributed by atoms with van der Waals surface area (Å²) in [6.45, 7) is 5.08. The normalized spacial score (nSPS) is 19.3. The van der Waals surface area contributed by atoms with Crippen molar-refractivity contribution in [2.45, 2.75) is 31.8 Å². The van der Waals surface area contributed by atoms with E-state index in [1.165, 1.54) is 16.8 Å². The summed E-state index contributed by atoms with van der Waals surface area (Å²) in [5.41, 5.74) is 1.72. The molecule has 2 aromatic rings. The number of amides is 1. The van der Waals surface area contributed by atoms with Crippen molar-refractivity contribution in [1.82, 2.24) is 24.3 Å². The van der Waals surface area contributed by atoms with E-state index in [1.807, 2.05) is 32.8 Å². The van der Waals surface area contributed by atoms with Crippen LogP contribution in [0.2, 0.25) is 0 Å². The lowest BCUT2D eigenvalue weighted by Gasteiger charge is -2.28. The number of pyridine rings is 1. The first kappa shape index (κ1) is 22.8. The zero-order valence-electron chi connectivity index (χ0n) is 19.4. The molecule has 4 rings (SSSR count). The molecule has 1 N–H and O–H groups in total. The largest absolute Gasteiger partial charge is 0.349 e. The van der Waals surface area contributed by atoms with Crippen LogP contribution in [0.4, 0.5) is 10.2 Å². The number of allylic oxidation sites excluding steroid dienone is 2. The van der Waals surface area contributed by atoms with Crippen molar-refractivity contribution in [2.24, 2.45) is 17.3 Å². The van der Waals surface area contributed by atoms with Gasteiger partial charge in [-0.15, -0.1) is 5.11 Å². The Morgan fingerprint density at radius 2 is 2.03 bits per heavy atom. The molecule has 0 saturated heterocycles. The molecule has 9 nitrogen and oxygen atoms in total. The minimum atomic E-state index is -0.525. The summed E-state index contributed by atoms with van der Waals surface area (Å²) in [4.78, 5) is 31.3. The lowest BCUT2D eigenvalue weighted by atomic mass is 9.85. The van der Waals surface area contributed by atoms with E-state index in [2.05, 4.69) is 20.5 Å². The van der Waals surface area contributed by atoms with Crippen LogP contribution < -0.4 is 11.0 Å². The fourth-order valence-corrected chi connectivity index (χ4v) is 4.14. The zero-order chi connectivity index (χ0) is 23.9. The van der Waals surface area contributed by atoms with Crippen molar-refractivity contribution in [3.05, 3.63) is 63.7 Å². The van der Waals surface area contributed by atoms with Gasteiger partial charge in [-0.3, -0.25) is 18.9 Å². The number of imidazole rings is 1. The van der Waals surface area contributed by atoms with Gasteiger partial charge < -0.3 is 10.2 Å². The number of nitrogens with one attached hydrogen (secondary N) is 1. The maximum Gasteiger partial charge on any atom is 0.330 e. The van der Waals surface area contributed by atoms with Crippen LogP contribution in [-0.4, -0.2) is 58.2 Å². The molecule has 1 aliphatic heterocycles. The molecule has 10 heteroatoms. The van der Waals surface area contributed by atoms with Crippen molar-refractivity contribution in [3.63, 3.8) is 0 Å². The molecule has 1 aliphatic carbocycles. The van der Waals surface area contributed by atoms with E-state index in [1.54, 1.807) is 29.8 Å². The average molecular weight is 454 g/mol. The van der Waals surface area contributed by atoms with Gasteiger partial charge in [-0.25, -0.2) is 9.18 Å². The smallest absolute Gasteiger partial charge is 0.330 e. The highest BCUT2D eigenvalue weighted by molar-refractivity contribution is 5.92. The van der Waals surface area contributed by atoms with Crippen molar-refractivity contribution >= 4 is 17.3 Å². The minimum absolute atomic E-state index is 0.0824. The van der Waals surface area contributed by atoms with Crippen LogP contribution in [0, 0.1) is 0 Å². The molecule has 2 aliphatic rings. The average Bonchev–Trinajstić information content (AvgIpc) is 3.03. The van der Waals surface area contributed by atoms with Gasteiger partial charge in [0.25, 0.3) is 5.91 Å². The van der Waals surface area contributed by atoms with Crippen LogP contribution >= 0.6 is 0 Å². The first-order valence-corrected chi connectivity index (χ1v) is 10.9. The standard InChI is InChI=1S/C23H28FN7O2/c1-13(2)31-20-16-10-15(17(24)11-19(16)27-28-21(20)30(5)23(31)33)14-6-7-18(26-12-14)22(32)25-8-9-29(3)4/h6-7,10-13,16,19H,8-9H2,1-5H3,(H,25,32). The molecule has 0 aromatic carbocycles.